The van der Waals surface area contributed by atoms with Crippen molar-refractivity contribution in [1.29, 1.82) is 0 Å². The minimum Gasteiger partial charge on any atom is -0.393 e. The summed E-state index contributed by atoms with van der Waals surface area (Å²) in [6.07, 6.45) is 0.479. The zero-order valence-corrected chi connectivity index (χ0v) is 11.5. The van der Waals surface area contributed by atoms with Crippen molar-refractivity contribution in [2.24, 2.45) is 5.92 Å². The number of nitrogens with zero attached hydrogens (tertiary/aromatic N) is 1. The molecule has 2 atom stereocenters. The van der Waals surface area contributed by atoms with Gasteiger partial charge in [0, 0.05) is 17.8 Å². The number of hydrogen-bond acceptors (Lipinski definition) is 3. The van der Waals surface area contributed by atoms with Crippen molar-refractivity contribution in [3.8, 4) is 0 Å². The van der Waals surface area contributed by atoms with Gasteiger partial charge >= 0.3 is 0 Å². The minimum atomic E-state index is -0.237. The van der Waals surface area contributed by atoms with Crippen LogP contribution in [0, 0.1) is 5.92 Å². The molecule has 0 bridgehead atoms. The van der Waals surface area contributed by atoms with Gasteiger partial charge in [-0.25, -0.2) is 0 Å². The summed E-state index contributed by atoms with van der Waals surface area (Å²) in [5.74, 6) is 0.961. The molecule has 1 fully saturated rings. The number of piperidine rings is 1. The van der Waals surface area contributed by atoms with Crippen molar-refractivity contribution < 1.29 is 9.90 Å². The van der Waals surface area contributed by atoms with Crippen LogP contribution in [0.4, 0.5) is 0 Å². The first kappa shape index (κ1) is 13.8. The molecule has 1 rings (SSSR count). The van der Waals surface area contributed by atoms with Crippen molar-refractivity contribution in [1.82, 2.24) is 4.90 Å². The molecule has 0 aliphatic carbocycles. The summed E-state index contributed by atoms with van der Waals surface area (Å²) >= 11 is 1.68. The van der Waals surface area contributed by atoms with Crippen LogP contribution in [0.2, 0.25) is 0 Å². The lowest BCUT2D eigenvalue weighted by Gasteiger charge is -2.34. The van der Waals surface area contributed by atoms with Crippen LogP contribution in [0.25, 0.3) is 0 Å². The van der Waals surface area contributed by atoms with Crippen LogP contribution in [0.5, 0.6) is 0 Å². The fraction of sp³-hybridized carbons (Fsp3) is 0.917. The van der Waals surface area contributed by atoms with E-state index in [1.165, 1.54) is 0 Å². The molecule has 0 aromatic rings. The molecule has 2 unspecified atom stereocenters. The van der Waals surface area contributed by atoms with E-state index in [1.54, 1.807) is 11.8 Å². The Bertz CT molecular complexity index is 250. The van der Waals surface area contributed by atoms with E-state index >= 15 is 0 Å². The first-order valence-corrected chi connectivity index (χ1v) is 6.88. The van der Waals surface area contributed by atoms with Crippen LogP contribution in [0.1, 0.15) is 34.1 Å². The van der Waals surface area contributed by atoms with Gasteiger partial charge in [-0.1, -0.05) is 27.7 Å². The van der Waals surface area contributed by atoms with E-state index in [-0.39, 0.29) is 22.7 Å². The molecule has 1 amide bonds. The first-order chi connectivity index (χ1) is 7.29. The van der Waals surface area contributed by atoms with E-state index in [2.05, 4.69) is 20.8 Å². The zero-order valence-electron chi connectivity index (χ0n) is 10.7. The Morgan fingerprint density at radius 2 is 2.12 bits per heavy atom. The molecule has 1 N–H and O–H groups in total. The van der Waals surface area contributed by atoms with Crippen molar-refractivity contribution in [2.45, 2.75) is 45.0 Å². The second kappa shape index (κ2) is 5.41. The van der Waals surface area contributed by atoms with Gasteiger partial charge in [0.1, 0.15) is 0 Å². The van der Waals surface area contributed by atoms with Gasteiger partial charge in [0.25, 0.3) is 0 Å². The molecule has 1 aliphatic heterocycles. The van der Waals surface area contributed by atoms with Crippen molar-refractivity contribution in [3.63, 3.8) is 0 Å². The lowest BCUT2D eigenvalue weighted by atomic mass is 9.97. The second-order valence-electron chi connectivity index (χ2n) is 5.57. The maximum atomic E-state index is 11.9. The second-order valence-corrected chi connectivity index (χ2v) is 7.38. The SMILES string of the molecule is CC1CN(C(=O)CSC(C)(C)C)CCC1O. The summed E-state index contributed by atoms with van der Waals surface area (Å²) in [5.41, 5.74) is 0. The molecule has 16 heavy (non-hydrogen) atoms. The number of carbonyl (C=O) groups excluding carboxylic acids is 1. The number of hydrogen-bond donors (Lipinski definition) is 1. The highest BCUT2D eigenvalue weighted by atomic mass is 32.2. The fourth-order valence-electron chi connectivity index (χ4n) is 1.73. The highest BCUT2D eigenvalue weighted by Crippen LogP contribution is 2.24. The molecular weight excluding hydrogens is 222 g/mol. The van der Waals surface area contributed by atoms with E-state index in [1.807, 2.05) is 11.8 Å². The third-order valence-electron chi connectivity index (χ3n) is 2.84. The monoisotopic (exact) mass is 245 g/mol. The number of carbonyl (C=O) groups is 1. The smallest absolute Gasteiger partial charge is 0.232 e. The van der Waals surface area contributed by atoms with Crippen LogP contribution in [0.3, 0.4) is 0 Å². The van der Waals surface area contributed by atoms with Gasteiger partial charge in [-0.2, -0.15) is 0 Å². The molecular formula is C12H23NO2S. The van der Waals surface area contributed by atoms with Crippen LogP contribution < -0.4 is 0 Å². The number of rotatable bonds is 2. The van der Waals surface area contributed by atoms with Crippen molar-refractivity contribution >= 4 is 17.7 Å². The van der Waals surface area contributed by atoms with Crippen LogP contribution >= 0.6 is 11.8 Å². The van der Waals surface area contributed by atoms with E-state index in [0.717, 1.165) is 0 Å². The highest BCUT2D eigenvalue weighted by molar-refractivity contribution is 8.01. The van der Waals surface area contributed by atoms with Gasteiger partial charge in [-0.05, 0) is 12.3 Å². The fourth-order valence-corrected chi connectivity index (χ4v) is 2.47. The van der Waals surface area contributed by atoms with Gasteiger partial charge in [-0.3, -0.25) is 4.79 Å². The summed E-state index contributed by atoms with van der Waals surface area (Å²) < 4.78 is 0.135. The summed E-state index contributed by atoms with van der Waals surface area (Å²) in [7, 11) is 0. The van der Waals surface area contributed by atoms with Crippen molar-refractivity contribution in [3.05, 3.63) is 0 Å². The van der Waals surface area contributed by atoms with Gasteiger partial charge in [0.05, 0.1) is 11.9 Å². The van der Waals surface area contributed by atoms with E-state index < -0.39 is 0 Å². The number of aliphatic hydroxyl groups excluding tert-OH is 1. The first-order valence-electron chi connectivity index (χ1n) is 5.89. The zero-order chi connectivity index (χ0) is 12.3. The Hall–Kier alpha value is -0.220. The number of thioether (sulfide) groups is 1. The quantitative estimate of drug-likeness (QED) is 0.806. The van der Waals surface area contributed by atoms with E-state index in [9.17, 15) is 9.90 Å². The molecule has 0 aromatic carbocycles. The summed E-state index contributed by atoms with van der Waals surface area (Å²) in [4.78, 5) is 13.8. The summed E-state index contributed by atoms with van der Waals surface area (Å²) in [6, 6.07) is 0. The maximum absolute atomic E-state index is 11.9. The Kier molecular flexibility index (Phi) is 4.68. The predicted molar refractivity (Wildman–Crippen MR) is 68.6 cm³/mol. The maximum Gasteiger partial charge on any atom is 0.232 e. The predicted octanol–water partition coefficient (Wildman–Crippen LogP) is 1.75. The molecule has 94 valence electrons. The minimum absolute atomic E-state index is 0.135. The van der Waals surface area contributed by atoms with Gasteiger partial charge in [-0.15, -0.1) is 11.8 Å². The van der Waals surface area contributed by atoms with Gasteiger partial charge in [0.2, 0.25) is 5.91 Å². The normalized spacial score (nSPS) is 26.9. The topological polar surface area (TPSA) is 40.5 Å². The van der Waals surface area contributed by atoms with Crippen LogP contribution in [0.15, 0.2) is 0 Å². The Labute approximate surface area is 103 Å². The molecule has 1 heterocycles. The van der Waals surface area contributed by atoms with Crippen LogP contribution in [-0.2, 0) is 4.79 Å². The van der Waals surface area contributed by atoms with Crippen molar-refractivity contribution in [2.75, 3.05) is 18.8 Å². The molecule has 0 spiro atoms. The molecule has 1 saturated heterocycles. The van der Waals surface area contributed by atoms with Crippen LogP contribution in [-0.4, -0.2) is 45.6 Å². The Morgan fingerprint density at radius 1 is 1.50 bits per heavy atom. The molecule has 0 saturated carbocycles. The number of amides is 1. The largest absolute Gasteiger partial charge is 0.393 e. The molecule has 0 radical (unpaired) electrons. The van der Waals surface area contributed by atoms with E-state index in [4.69, 9.17) is 0 Å². The summed E-state index contributed by atoms with van der Waals surface area (Å²) in [5, 5.41) is 9.59. The Morgan fingerprint density at radius 3 is 2.62 bits per heavy atom. The highest BCUT2D eigenvalue weighted by Gasteiger charge is 2.27. The standard InChI is InChI=1S/C12H23NO2S/c1-9-7-13(6-5-10(9)14)11(15)8-16-12(2,3)4/h9-10,14H,5-8H2,1-4H3. The molecule has 0 aromatic heterocycles. The number of likely N-dealkylation sites (tertiary alicyclic amines) is 1. The Balaban J connectivity index is 2.38. The van der Waals surface area contributed by atoms with Gasteiger partial charge in [0.15, 0.2) is 0 Å². The molecule has 1 aliphatic rings. The lowest BCUT2D eigenvalue weighted by molar-refractivity contribution is -0.131. The molecule has 4 heteroatoms. The van der Waals surface area contributed by atoms with Gasteiger partial charge < -0.3 is 10.0 Å². The third kappa shape index (κ3) is 4.34. The average molecular weight is 245 g/mol. The molecule has 3 nitrogen and oxygen atoms in total. The summed E-state index contributed by atoms with van der Waals surface area (Å²) in [6.45, 7) is 9.76. The lowest BCUT2D eigenvalue weighted by Crippen LogP contribution is -2.45. The van der Waals surface area contributed by atoms with E-state index in [0.29, 0.717) is 25.3 Å². The average Bonchev–Trinajstić information content (AvgIpc) is 2.17. The third-order valence-corrected chi connectivity index (χ3v) is 4.10. The number of aliphatic hydroxyl groups is 1.